The fourth-order valence-corrected chi connectivity index (χ4v) is 2.09. The summed E-state index contributed by atoms with van der Waals surface area (Å²) < 4.78 is 15.6. The van der Waals surface area contributed by atoms with Gasteiger partial charge in [-0.3, -0.25) is 4.79 Å². The van der Waals surface area contributed by atoms with E-state index in [1.807, 2.05) is 25.1 Å². The molecule has 5 heteroatoms. The van der Waals surface area contributed by atoms with Crippen molar-refractivity contribution in [3.05, 3.63) is 35.1 Å². The van der Waals surface area contributed by atoms with Gasteiger partial charge in [-0.05, 0) is 31.0 Å². The van der Waals surface area contributed by atoms with Crippen LogP contribution in [-0.4, -0.2) is 18.5 Å². The molecule has 0 aliphatic heterocycles. The highest BCUT2D eigenvalue weighted by Crippen LogP contribution is 2.28. The predicted octanol–water partition coefficient (Wildman–Crippen LogP) is 3.24. The van der Waals surface area contributed by atoms with E-state index in [-0.39, 0.29) is 19.0 Å². The number of benzene rings is 1. The summed E-state index contributed by atoms with van der Waals surface area (Å²) in [6, 6.07) is 5.70. The van der Waals surface area contributed by atoms with Crippen LogP contribution in [0.4, 0.5) is 0 Å². The summed E-state index contributed by atoms with van der Waals surface area (Å²) in [5, 5.41) is 0.777. The molecule has 0 spiro atoms. The van der Waals surface area contributed by atoms with Crippen LogP contribution in [0.1, 0.15) is 42.5 Å². The van der Waals surface area contributed by atoms with Gasteiger partial charge < -0.3 is 13.9 Å². The highest BCUT2D eigenvalue weighted by Gasteiger charge is 2.22. The molecule has 21 heavy (non-hydrogen) atoms. The van der Waals surface area contributed by atoms with E-state index >= 15 is 0 Å². The van der Waals surface area contributed by atoms with Crippen LogP contribution in [0, 0.1) is 0 Å². The maximum atomic E-state index is 12.0. The van der Waals surface area contributed by atoms with Crippen LogP contribution < -0.4 is 0 Å². The Morgan fingerprint density at radius 1 is 1.19 bits per heavy atom. The second-order valence-corrected chi connectivity index (χ2v) is 4.59. The molecule has 0 radical (unpaired) electrons. The molecular formula is C16H18O5. The first kappa shape index (κ1) is 15.1. The minimum atomic E-state index is -0.547. The zero-order valence-electron chi connectivity index (χ0n) is 12.4. The molecular weight excluding hydrogens is 272 g/mol. The average molecular weight is 290 g/mol. The van der Waals surface area contributed by atoms with Gasteiger partial charge in [-0.2, -0.15) is 0 Å². The second kappa shape index (κ2) is 6.43. The van der Waals surface area contributed by atoms with Crippen LogP contribution in [0.25, 0.3) is 11.0 Å². The van der Waals surface area contributed by atoms with Crippen molar-refractivity contribution in [2.45, 2.75) is 33.8 Å². The first-order chi connectivity index (χ1) is 10.1. The quantitative estimate of drug-likeness (QED) is 0.791. The van der Waals surface area contributed by atoms with E-state index in [2.05, 4.69) is 0 Å². The van der Waals surface area contributed by atoms with Gasteiger partial charge in [0.2, 0.25) is 5.76 Å². The topological polar surface area (TPSA) is 65.7 Å². The number of rotatable bonds is 5. The number of furan rings is 1. The summed E-state index contributed by atoms with van der Waals surface area (Å²) >= 11 is 0. The number of fused-ring (bicyclic) bond motifs is 1. The first-order valence-corrected chi connectivity index (χ1v) is 6.91. The van der Waals surface area contributed by atoms with Crippen molar-refractivity contribution in [3.8, 4) is 0 Å². The number of aryl methyl sites for hydroxylation is 1. The molecule has 1 heterocycles. The van der Waals surface area contributed by atoms with Crippen LogP contribution in [0.2, 0.25) is 0 Å². The first-order valence-electron chi connectivity index (χ1n) is 6.91. The van der Waals surface area contributed by atoms with E-state index in [0.29, 0.717) is 11.1 Å². The molecule has 1 aromatic heterocycles. The highest BCUT2D eigenvalue weighted by molar-refractivity contribution is 5.96. The maximum absolute atomic E-state index is 12.0. The van der Waals surface area contributed by atoms with E-state index in [0.717, 1.165) is 17.4 Å². The van der Waals surface area contributed by atoms with Crippen molar-refractivity contribution in [3.63, 3.8) is 0 Å². The number of carbonyl (C=O) groups is 2. The molecule has 0 bridgehead atoms. The molecule has 5 nitrogen and oxygen atoms in total. The number of hydrogen-bond donors (Lipinski definition) is 0. The SMILES string of the molecule is CCOC(=O)c1oc2ccc(CC)cc2c1COC(C)=O. The number of esters is 2. The Balaban J connectivity index is 2.52. The smallest absolute Gasteiger partial charge is 0.374 e. The summed E-state index contributed by atoms with van der Waals surface area (Å²) in [6.45, 7) is 5.33. The van der Waals surface area contributed by atoms with Gasteiger partial charge in [0.25, 0.3) is 0 Å². The minimum absolute atomic E-state index is 0.0103. The van der Waals surface area contributed by atoms with Crippen LogP contribution in [0.3, 0.4) is 0 Å². The molecule has 0 fully saturated rings. The summed E-state index contributed by atoms with van der Waals surface area (Å²) in [6.07, 6.45) is 0.864. The molecule has 1 aromatic carbocycles. The molecule has 2 rings (SSSR count). The Morgan fingerprint density at radius 2 is 1.95 bits per heavy atom. The van der Waals surface area contributed by atoms with Gasteiger partial charge in [0, 0.05) is 12.3 Å². The molecule has 0 atom stereocenters. The summed E-state index contributed by atoms with van der Waals surface area (Å²) in [5.74, 6) is -0.860. The number of carbonyl (C=O) groups excluding carboxylic acids is 2. The van der Waals surface area contributed by atoms with Crippen molar-refractivity contribution in [1.82, 2.24) is 0 Å². The van der Waals surface area contributed by atoms with E-state index in [1.165, 1.54) is 6.92 Å². The van der Waals surface area contributed by atoms with Crippen LogP contribution in [-0.2, 0) is 27.3 Å². The predicted molar refractivity (Wildman–Crippen MR) is 77.0 cm³/mol. The highest BCUT2D eigenvalue weighted by atomic mass is 16.5. The maximum Gasteiger partial charge on any atom is 0.374 e. The zero-order chi connectivity index (χ0) is 15.4. The lowest BCUT2D eigenvalue weighted by atomic mass is 10.1. The third-order valence-electron chi connectivity index (χ3n) is 3.14. The number of hydrogen-bond acceptors (Lipinski definition) is 5. The lowest BCUT2D eigenvalue weighted by Crippen LogP contribution is -2.08. The van der Waals surface area contributed by atoms with Crippen LogP contribution >= 0.6 is 0 Å². The summed E-state index contributed by atoms with van der Waals surface area (Å²) in [5.41, 5.74) is 2.24. The normalized spacial score (nSPS) is 10.6. The van der Waals surface area contributed by atoms with Crippen LogP contribution in [0.15, 0.2) is 22.6 Å². The van der Waals surface area contributed by atoms with Gasteiger partial charge in [-0.25, -0.2) is 4.79 Å². The standard InChI is InChI=1S/C16H18O5/c1-4-11-6-7-14-12(8-11)13(9-20-10(3)17)15(21-14)16(18)19-5-2/h6-8H,4-5,9H2,1-3H3. The van der Waals surface area contributed by atoms with Crippen molar-refractivity contribution >= 4 is 22.9 Å². The van der Waals surface area contributed by atoms with Crippen LogP contribution in [0.5, 0.6) is 0 Å². The molecule has 112 valence electrons. The largest absolute Gasteiger partial charge is 0.461 e. The lowest BCUT2D eigenvalue weighted by molar-refractivity contribution is -0.142. The Hall–Kier alpha value is -2.30. The van der Waals surface area contributed by atoms with Gasteiger partial charge in [-0.1, -0.05) is 13.0 Å². The zero-order valence-corrected chi connectivity index (χ0v) is 12.4. The van der Waals surface area contributed by atoms with Gasteiger partial charge in [-0.15, -0.1) is 0 Å². The summed E-state index contributed by atoms with van der Waals surface area (Å²) in [4.78, 5) is 23.0. The van der Waals surface area contributed by atoms with Gasteiger partial charge >= 0.3 is 11.9 Å². The molecule has 0 N–H and O–H groups in total. The Kier molecular flexibility index (Phi) is 4.62. The summed E-state index contributed by atoms with van der Waals surface area (Å²) in [7, 11) is 0. The molecule has 0 saturated carbocycles. The molecule has 0 aliphatic rings. The van der Waals surface area contributed by atoms with E-state index in [9.17, 15) is 9.59 Å². The Labute approximate surface area is 122 Å². The third-order valence-corrected chi connectivity index (χ3v) is 3.14. The van der Waals surface area contributed by atoms with E-state index < -0.39 is 11.9 Å². The molecule has 0 aliphatic carbocycles. The van der Waals surface area contributed by atoms with E-state index in [1.54, 1.807) is 6.92 Å². The molecule has 0 unspecified atom stereocenters. The molecule has 0 amide bonds. The number of ether oxygens (including phenoxy) is 2. The fraction of sp³-hybridized carbons (Fsp3) is 0.375. The van der Waals surface area contributed by atoms with Gasteiger partial charge in [0.05, 0.1) is 12.2 Å². The van der Waals surface area contributed by atoms with Crippen molar-refractivity contribution < 1.29 is 23.5 Å². The Morgan fingerprint density at radius 3 is 2.57 bits per heavy atom. The van der Waals surface area contributed by atoms with Crippen molar-refractivity contribution in [2.24, 2.45) is 0 Å². The third kappa shape index (κ3) is 3.24. The lowest BCUT2D eigenvalue weighted by Gasteiger charge is -2.04. The molecule has 2 aromatic rings. The van der Waals surface area contributed by atoms with Crippen molar-refractivity contribution in [1.29, 1.82) is 0 Å². The van der Waals surface area contributed by atoms with E-state index in [4.69, 9.17) is 13.9 Å². The van der Waals surface area contributed by atoms with Gasteiger partial charge in [0.15, 0.2) is 0 Å². The minimum Gasteiger partial charge on any atom is -0.461 e. The fourth-order valence-electron chi connectivity index (χ4n) is 2.09. The Bertz CT molecular complexity index is 669. The second-order valence-electron chi connectivity index (χ2n) is 4.59. The molecule has 0 saturated heterocycles. The van der Waals surface area contributed by atoms with Gasteiger partial charge in [0.1, 0.15) is 12.2 Å². The van der Waals surface area contributed by atoms with Crippen molar-refractivity contribution in [2.75, 3.05) is 6.61 Å². The average Bonchev–Trinajstić information content (AvgIpc) is 2.83. The monoisotopic (exact) mass is 290 g/mol.